The number of hydrogen-bond donors (Lipinski definition) is 1. The van der Waals surface area contributed by atoms with E-state index < -0.39 is 6.10 Å². The summed E-state index contributed by atoms with van der Waals surface area (Å²) in [6.07, 6.45) is 5.74. The molecule has 3 nitrogen and oxygen atoms in total. The van der Waals surface area contributed by atoms with Gasteiger partial charge in [0.05, 0.1) is 11.4 Å². The van der Waals surface area contributed by atoms with E-state index in [1.807, 2.05) is 60.7 Å². The van der Waals surface area contributed by atoms with Gasteiger partial charge in [-0.25, -0.2) is 0 Å². The Morgan fingerprint density at radius 1 is 0.800 bits per heavy atom. The predicted molar refractivity (Wildman–Crippen MR) is 84.3 cm³/mol. The van der Waals surface area contributed by atoms with Gasteiger partial charge < -0.3 is 5.11 Å². The van der Waals surface area contributed by atoms with Gasteiger partial charge in [-0.15, -0.1) is 0 Å². The van der Waals surface area contributed by atoms with Crippen molar-refractivity contribution in [2.24, 2.45) is 9.98 Å². The van der Waals surface area contributed by atoms with Gasteiger partial charge in [-0.1, -0.05) is 36.4 Å². The molecular formula is C17H16N2O. The minimum atomic E-state index is -0.725. The molecule has 0 saturated heterocycles. The van der Waals surface area contributed by atoms with Crippen LogP contribution in [0, 0.1) is 0 Å². The fourth-order valence-corrected chi connectivity index (χ4v) is 1.53. The SMILES string of the molecule is O[C@H](C=Nc1ccccc1)/C=C/C=Nc1ccccc1. The monoisotopic (exact) mass is 264 g/mol. The Hall–Kier alpha value is -2.52. The minimum Gasteiger partial charge on any atom is -0.383 e. The van der Waals surface area contributed by atoms with Crippen LogP contribution in [0.3, 0.4) is 0 Å². The second kappa shape index (κ2) is 7.81. The molecule has 0 saturated carbocycles. The molecule has 0 aliphatic heterocycles. The van der Waals surface area contributed by atoms with Gasteiger partial charge in [0.1, 0.15) is 6.10 Å². The highest BCUT2D eigenvalue weighted by atomic mass is 16.3. The highest BCUT2D eigenvalue weighted by molar-refractivity contribution is 5.77. The molecule has 2 rings (SSSR count). The fraction of sp³-hybridized carbons (Fsp3) is 0.0588. The molecule has 2 aromatic carbocycles. The van der Waals surface area contributed by atoms with Crippen LogP contribution in [0.1, 0.15) is 0 Å². The molecule has 0 aromatic heterocycles. The van der Waals surface area contributed by atoms with Crippen LogP contribution in [0.15, 0.2) is 82.8 Å². The Labute approximate surface area is 118 Å². The summed E-state index contributed by atoms with van der Waals surface area (Å²) in [4.78, 5) is 8.40. The third kappa shape index (κ3) is 5.00. The van der Waals surface area contributed by atoms with Gasteiger partial charge in [0, 0.05) is 12.4 Å². The molecule has 0 heterocycles. The van der Waals surface area contributed by atoms with Crippen LogP contribution in [-0.4, -0.2) is 23.6 Å². The molecule has 0 spiro atoms. The van der Waals surface area contributed by atoms with Crippen LogP contribution >= 0.6 is 0 Å². The molecule has 0 unspecified atom stereocenters. The Kier molecular flexibility index (Phi) is 5.43. The van der Waals surface area contributed by atoms with Crippen molar-refractivity contribution in [1.82, 2.24) is 0 Å². The second-order valence-corrected chi connectivity index (χ2v) is 4.10. The number of allylic oxidation sites excluding steroid dienone is 1. The van der Waals surface area contributed by atoms with E-state index in [4.69, 9.17) is 0 Å². The van der Waals surface area contributed by atoms with E-state index in [0.717, 1.165) is 11.4 Å². The number of nitrogens with zero attached hydrogens (tertiary/aromatic N) is 2. The number of aliphatic imine (C=N–C) groups is 2. The first kappa shape index (κ1) is 13.9. The summed E-state index contributed by atoms with van der Waals surface area (Å²) in [7, 11) is 0. The molecule has 3 heteroatoms. The normalized spacial score (nSPS) is 13.4. The number of rotatable bonds is 5. The summed E-state index contributed by atoms with van der Waals surface area (Å²) in [6, 6.07) is 19.1. The molecule has 20 heavy (non-hydrogen) atoms. The third-order valence-electron chi connectivity index (χ3n) is 2.51. The molecular weight excluding hydrogens is 248 g/mol. The zero-order chi connectivity index (χ0) is 14.0. The van der Waals surface area contributed by atoms with Crippen molar-refractivity contribution in [1.29, 1.82) is 0 Å². The van der Waals surface area contributed by atoms with E-state index in [0.29, 0.717) is 0 Å². The van der Waals surface area contributed by atoms with E-state index in [1.165, 1.54) is 6.21 Å². The first-order valence-electron chi connectivity index (χ1n) is 6.38. The van der Waals surface area contributed by atoms with Crippen molar-refractivity contribution in [3.63, 3.8) is 0 Å². The predicted octanol–water partition coefficient (Wildman–Crippen LogP) is 3.71. The molecule has 0 aliphatic carbocycles. The van der Waals surface area contributed by atoms with E-state index in [-0.39, 0.29) is 0 Å². The summed E-state index contributed by atoms with van der Waals surface area (Å²) in [6.45, 7) is 0. The molecule has 1 N–H and O–H groups in total. The molecule has 0 radical (unpaired) electrons. The lowest BCUT2D eigenvalue weighted by Gasteiger charge is -1.96. The van der Waals surface area contributed by atoms with Gasteiger partial charge in [-0.05, 0) is 36.4 Å². The lowest BCUT2D eigenvalue weighted by molar-refractivity contribution is 0.294. The lowest BCUT2D eigenvalue weighted by Crippen LogP contribution is -2.02. The van der Waals surface area contributed by atoms with E-state index in [2.05, 4.69) is 9.98 Å². The third-order valence-corrected chi connectivity index (χ3v) is 2.51. The Balaban J connectivity index is 1.85. The number of aliphatic hydroxyl groups is 1. The largest absolute Gasteiger partial charge is 0.383 e. The lowest BCUT2D eigenvalue weighted by atomic mass is 10.3. The van der Waals surface area contributed by atoms with E-state index in [9.17, 15) is 5.11 Å². The number of aliphatic hydroxyl groups excluding tert-OH is 1. The van der Waals surface area contributed by atoms with Gasteiger partial charge in [0.15, 0.2) is 0 Å². The van der Waals surface area contributed by atoms with Crippen LogP contribution in [0.2, 0.25) is 0 Å². The summed E-state index contributed by atoms with van der Waals surface area (Å²) in [5.41, 5.74) is 1.70. The zero-order valence-electron chi connectivity index (χ0n) is 11.0. The number of hydrogen-bond acceptors (Lipinski definition) is 3. The molecule has 0 aliphatic rings. The molecule has 100 valence electrons. The van der Waals surface area contributed by atoms with Crippen LogP contribution in [0.5, 0.6) is 0 Å². The molecule has 0 bridgehead atoms. The van der Waals surface area contributed by atoms with Crippen molar-refractivity contribution >= 4 is 23.8 Å². The second-order valence-electron chi connectivity index (χ2n) is 4.10. The van der Waals surface area contributed by atoms with Crippen molar-refractivity contribution < 1.29 is 5.11 Å². The van der Waals surface area contributed by atoms with E-state index >= 15 is 0 Å². The highest BCUT2D eigenvalue weighted by Gasteiger charge is 1.92. The first-order valence-corrected chi connectivity index (χ1v) is 6.38. The smallest absolute Gasteiger partial charge is 0.108 e. The maximum atomic E-state index is 9.71. The minimum absolute atomic E-state index is 0.725. The summed E-state index contributed by atoms with van der Waals surface area (Å²) >= 11 is 0. The summed E-state index contributed by atoms with van der Waals surface area (Å²) in [5.74, 6) is 0. The highest BCUT2D eigenvalue weighted by Crippen LogP contribution is 2.09. The molecule has 0 amide bonds. The molecule has 2 aromatic rings. The Bertz CT molecular complexity index is 589. The summed E-state index contributed by atoms with van der Waals surface area (Å²) in [5, 5.41) is 9.71. The van der Waals surface area contributed by atoms with Gasteiger partial charge >= 0.3 is 0 Å². The van der Waals surface area contributed by atoms with Gasteiger partial charge in [0.2, 0.25) is 0 Å². The van der Waals surface area contributed by atoms with Gasteiger partial charge in [0.25, 0.3) is 0 Å². The van der Waals surface area contributed by atoms with Crippen molar-refractivity contribution in [2.75, 3.05) is 0 Å². The summed E-state index contributed by atoms with van der Waals surface area (Å²) < 4.78 is 0. The van der Waals surface area contributed by atoms with Crippen LogP contribution < -0.4 is 0 Å². The van der Waals surface area contributed by atoms with E-state index in [1.54, 1.807) is 18.4 Å². The standard InChI is InChI=1S/C17H16N2O/c20-17(14-19-16-10-5-2-6-11-16)12-7-13-18-15-8-3-1-4-9-15/h1-14,17,20H/b12-7+,18-13?,19-14?/t17-/m0/s1. The number of benzene rings is 2. The van der Waals surface area contributed by atoms with Crippen LogP contribution in [0.25, 0.3) is 0 Å². The quantitative estimate of drug-likeness (QED) is 0.822. The maximum Gasteiger partial charge on any atom is 0.108 e. The van der Waals surface area contributed by atoms with Crippen LogP contribution in [-0.2, 0) is 0 Å². The maximum absolute atomic E-state index is 9.71. The van der Waals surface area contributed by atoms with Crippen molar-refractivity contribution in [2.45, 2.75) is 6.10 Å². The Morgan fingerprint density at radius 2 is 1.35 bits per heavy atom. The molecule has 1 atom stereocenters. The zero-order valence-corrected chi connectivity index (χ0v) is 11.0. The molecule has 0 fully saturated rings. The average molecular weight is 264 g/mol. The topological polar surface area (TPSA) is 45.0 Å². The van der Waals surface area contributed by atoms with Gasteiger partial charge in [-0.2, -0.15) is 0 Å². The Morgan fingerprint density at radius 3 is 1.95 bits per heavy atom. The van der Waals surface area contributed by atoms with Crippen molar-refractivity contribution in [3.05, 3.63) is 72.8 Å². The van der Waals surface area contributed by atoms with Crippen molar-refractivity contribution in [3.8, 4) is 0 Å². The number of para-hydroxylation sites is 2. The first-order chi connectivity index (χ1) is 9.84. The fourth-order valence-electron chi connectivity index (χ4n) is 1.53. The van der Waals surface area contributed by atoms with Crippen LogP contribution in [0.4, 0.5) is 11.4 Å². The van der Waals surface area contributed by atoms with Gasteiger partial charge in [-0.3, -0.25) is 9.98 Å². The average Bonchev–Trinajstić information content (AvgIpc) is 2.52.